The minimum atomic E-state index is -0.609. The Balaban J connectivity index is 2.03. The molecule has 0 fully saturated rings. The first kappa shape index (κ1) is 19.3. The standard InChI is InChI=1S/C18H16ClNO6/c1-24-16-7-11(9-21)3-6-15(16)26-10-17(22)20-12-4-5-14(19)13(8-12)18(23)25-2/h3-9H,10H2,1-2H3,(H,20,22). The molecule has 0 saturated carbocycles. The number of carbonyl (C=O) groups excluding carboxylic acids is 3. The molecule has 8 heteroatoms. The van der Waals surface area contributed by atoms with Crippen molar-refractivity contribution in [1.82, 2.24) is 0 Å². The molecule has 0 heterocycles. The van der Waals surface area contributed by atoms with E-state index in [1.54, 1.807) is 12.1 Å². The number of benzene rings is 2. The lowest BCUT2D eigenvalue weighted by molar-refractivity contribution is -0.118. The van der Waals surface area contributed by atoms with E-state index in [1.165, 1.54) is 38.5 Å². The number of methoxy groups -OCH3 is 2. The first-order valence-corrected chi connectivity index (χ1v) is 7.80. The fourth-order valence-electron chi connectivity index (χ4n) is 2.09. The molecular formula is C18H16ClNO6. The van der Waals surface area contributed by atoms with E-state index in [0.717, 1.165) is 0 Å². The third-order valence-electron chi connectivity index (χ3n) is 3.34. The van der Waals surface area contributed by atoms with E-state index in [4.69, 9.17) is 21.1 Å². The summed E-state index contributed by atoms with van der Waals surface area (Å²) in [6.07, 6.45) is 0.679. The Morgan fingerprint density at radius 3 is 2.54 bits per heavy atom. The molecule has 0 atom stereocenters. The summed E-state index contributed by atoms with van der Waals surface area (Å²) in [5.74, 6) is -0.409. The van der Waals surface area contributed by atoms with Crippen LogP contribution in [-0.4, -0.2) is 39.0 Å². The molecule has 1 amide bonds. The number of hydrogen-bond acceptors (Lipinski definition) is 6. The van der Waals surface area contributed by atoms with Crippen molar-refractivity contribution in [3.63, 3.8) is 0 Å². The van der Waals surface area contributed by atoms with E-state index in [-0.39, 0.29) is 17.2 Å². The SMILES string of the molecule is COC(=O)c1cc(NC(=O)COc2ccc(C=O)cc2OC)ccc1Cl. The Morgan fingerprint density at radius 1 is 1.12 bits per heavy atom. The van der Waals surface area contributed by atoms with Gasteiger partial charge in [0.2, 0.25) is 0 Å². The van der Waals surface area contributed by atoms with Gasteiger partial charge in [-0.1, -0.05) is 11.6 Å². The zero-order valence-corrected chi connectivity index (χ0v) is 14.8. The molecule has 2 rings (SSSR count). The third kappa shape index (κ3) is 4.73. The Hall–Kier alpha value is -3.06. The minimum absolute atomic E-state index is 0.138. The van der Waals surface area contributed by atoms with Gasteiger partial charge in [-0.15, -0.1) is 0 Å². The van der Waals surface area contributed by atoms with E-state index >= 15 is 0 Å². The van der Waals surface area contributed by atoms with Crippen molar-refractivity contribution in [3.05, 3.63) is 52.5 Å². The molecule has 0 aromatic heterocycles. The van der Waals surface area contributed by atoms with Crippen molar-refractivity contribution in [2.45, 2.75) is 0 Å². The molecule has 2 aromatic rings. The average molecular weight is 378 g/mol. The number of hydrogen-bond donors (Lipinski definition) is 1. The predicted molar refractivity (Wildman–Crippen MR) is 95.3 cm³/mol. The quantitative estimate of drug-likeness (QED) is 0.589. The van der Waals surface area contributed by atoms with Crippen molar-refractivity contribution in [2.75, 3.05) is 26.1 Å². The molecule has 26 heavy (non-hydrogen) atoms. The average Bonchev–Trinajstić information content (AvgIpc) is 2.67. The van der Waals surface area contributed by atoms with Crippen LogP contribution in [0.2, 0.25) is 5.02 Å². The summed E-state index contributed by atoms with van der Waals surface area (Å²) in [5, 5.41) is 2.81. The maximum absolute atomic E-state index is 12.1. The molecule has 0 spiro atoms. The zero-order valence-electron chi connectivity index (χ0n) is 14.1. The lowest BCUT2D eigenvalue weighted by Gasteiger charge is -2.12. The van der Waals surface area contributed by atoms with Gasteiger partial charge in [0.1, 0.15) is 6.29 Å². The van der Waals surface area contributed by atoms with Crippen LogP contribution < -0.4 is 14.8 Å². The first-order valence-electron chi connectivity index (χ1n) is 7.42. The number of amides is 1. The van der Waals surface area contributed by atoms with Crippen LogP contribution in [0.1, 0.15) is 20.7 Å². The molecule has 0 saturated heterocycles. The van der Waals surface area contributed by atoms with Crippen LogP contribution in [0.15, 0.2) is 36.4 Å². The Morgan fingerprint density at radius 2 is 1.88 bits per heavy atom. The van der Waals surface area contributed by atoms with Crippen molar-refractivity contribution in [1.29, 1.82) is 0 Å². The molecular weight excluding hydrogens is 362 g/mol. The largest absolute Gasteiger partial charge is 0.493 e. The molecule has 0 aliphatic rings. The van der Waals surface area contributed by atoms with Crippen molar-refractivity contribution < 1.29 is 28.6 Å². The Labute approximate surface area is 154 Å². The highest BCUT2D eigenvalue weighted by Crippen LogP contribution is 2.27. The summed E-state index contributed by atoms with van der Waals surface area (Å²) in [7, 11) is 2.67. The number of aldehydes is 1. The van der Waals surface area contributed by atoms with E-state index in [9.17, 15) is 14.4 Å². The van der Waals surface area contributed by atoms with Gasteiger partial charge in [0.15, 0.2) is 18.1 Å². The van der Waals surface area contributed by atoms with Gasteiger partial charge < -0.3 is 19.5 Å². The second-order valence-corrected chi connectivity index (χ2v) is 5.46. The molecule has 7 nitrogen and oxygen atoms in total. The van der Waals surface area contributed by atoms with Crippen molar-refractivity contribution in [3.8, 4) is 11.5 Å². The molecule has 0 aliphatic heterocycles. The number of nitrogens with one attached hydrogen (secondary N) is 1. The second kappa shape index (κ2) is 8.87. The minimum Gasteiger partial charge on any atom is -0.493 e. The van der Waals surface area contributed by atoms with Crippen LogP contribution in [0, 0.1) is 0 Å². The summed E-state index contributed by atoms with van der Waals surface area (Å²) in [6.45, 7) is -0.299. The summed E-state index contributed by atoms with van der Waals surface area (Å²) < 4.78 is 15.2. The number of ether oxygens (including phenoxy) is 3. The summed E-state index contributed by atoms with van der Waals surface area (Å²) >= 11 is 5.93. The van der Waals surface area contributed by atoms with Crippen LogP contribution in [0.5, 0.6) is 11.5 Å². The van der Waals surface area contributed by atoms with Gasteiger partial charge in [0, 0.05) is 11.3 Å². The molecule has 0 aliphatic carbocycles. The first-order chi connectivity index (χ1) is 12.5. The van der Waals surface area contributed by atoms with Crippen LogP contribution in [0.25, 0.3) is 0 Å². The molecule has 1 N–H and O–H groups in total. The highest BCUT2D eigenvalue weighted by molar-refractivity contribution is 6.33. The zero-order chi connectivity index (χ0) is 19.1. The van der Waals surface area contributed by atoms with E-state index in [0.29, 0.717) is 29.0 Å². The monoisotopic (exact) mass is 377 g/mol. The number of carbonyl (C=O) groups is 3. The van der Waals surface area contributed by atoms with Gasteiger partial charge in [-0.25, -0.2) is 4.79 Å². The number of rotatable bonds is 7. The Kier molecular flexibility index (Phi) is 6.57. The fraction of sp³-hybridized carbons (Fsp3) is 0.167. The molecule has 2 aromatic carbocycles. The summed E-state index contributed by atoms with van der Waals surface area (Å²) in [4.78, 5) is 34.5. The van der Waals surface area contributed by atoms with Gasteiger partial charge in [0.25, 0.3) is 5.91 Å². The van der Waals surface area contributed by atoms with Gasteiger partial charge in [-0.3, -0.25) is 9.59 Å². The van der Waals surface area contributed by atoms with Gasteiger partial charge in [-0.2, -0.15) is 0 Å². The van der Waals surface area contributed by atoms with Gasteiger partial charge >= 0.3 is 5.97 Å². The maximum atomic E-state index is 12.1. The fourth-order valence-corrected chi connectivity index (χ4v) is 2.28. The predicted octanol–water partition coefficient (Wildman–Crippen LogP) is 2.97. The smallest absolute Gasteiger partial charge is 0.339 e. The van der Waals surface area contributed by atoms with E-state index in [1.807, 2.05) is 0 Å². The summed E-state index contributed by atoms with van der Waals surface area (Å²) in [5.41, 5.74) is 0.931. The van der Waals surface area contributed by atoms with Gasteiger partial charge in [0.05, 0.1) is 24.8 Å². The molecule has 136 valence electrons. The van der Waals surface area contributed by atoms with Gasteiger partial charge in [-0.05, 0) is 36.4 Å². The highest BCUT2D eigenvalue weighted by atomic mass is 35.5. The Bertz CT molecular complexity index is 836. The number of esters is 1. The van der Waals surface area contributed by atoms with Crippen molar-refractivity contribution >= 4 is 35.5 Å². The van der Waals surface area contributed by atoms with E-state index in [2.05, 4.69) is 10.1 Å². The normalized spacial score (nSPS) is 9.96. The molecule has 0 bridgehead atoms. The summed E-state index contributed by atoms with van der Waals surface area (Å²) in [6, 6.07) is 9.02. The molecule has 0 radical (unpaired) electrons. The van der Waals surface area contributed by atoms with Crippen LogP contribution >= 0.6 is 11.6 Å². The highest BCUT2D eigenvalue weighted by Gasteiger charge is 2.13. The van der Waals surface area contributed by atoms with Crippen LogP contribution in [0.4, 0.5) is 5.69 Å². The lowest BCUT2D eigenvalue weighted by atomic mass is 10.2. The van der Waals surface area contributed by atoms with E-state index < -0.39 is 11.9 Å². The van der Waals surface area contributed by atoms with Crippen molar-refractivity contribution in [2.24, 2.45) is 0 Å². The third-order valence-corrected chi connectivity index (χ3v) is 3.67. The number of anilines is 1. The van der Waals surface area contributed by atoms with Crippen LogP contribution in [0.3, 0.4) is 0 Å². The second-order valence-electron chi connectivity index (χ2n) is 5.05. The molecule has 0 unspecified atom stereocenters. The topological polar surface area (TPSA) is 90.9 Å². The maximum Gasteiger partial charge on any atom is 0.339 e. The lowest BCUT2D eigenvalue weighted by Crippen LogP contribution is -2.20. The number of halogens is 1. The van der Waals surface area contributed by atoms with Crippen LogP contribution in [-0.2, 0) is 9.53 Å².